The molecule has 1 aliphatic rings. The highest BCUT2D eigenvalue weighted by molar-refractivity contribution is 5.65. The Morgan fingerprint density at radius 3 is 2.00 bits per heavy atom. The van der Waals surface area contributed by atoms with Crippen LogP contribution in [-0.4, -0.2) is 19.8 Å². The van der Waals surface area contributed by atoms with Crippen molar-refractivity contribution >= 4 is 0 Å². The first-order chi connectivity index (χ1) is 16.7. The van der Waals surface area contributed by atoms with Crippen molar-refractivity contribution in [2.24, 2.45) is 0 Å². The summed E-state index contributed by atoms with van der Waals surface area (Å²) in [6.07, 6.45) is 1.74. The summed E-state index contributed by atoms with van der Waals surface area (Å²) >= 11 is 0. The quantitative estimate of drug-likeness (QED) is 0.266. The molecular weight excluding hydrogens is 474 g/mol. The number of benzene rings is 3. The van der Waals surface area contributed by atoms with E-state index in [1.54, 1.807) is 0 Å². The highest BCUT2D eigenvalue weighted by Gasteiger charge is 2.39. The molecule has 3 aromatic carbocycles. The van der Waals surface area contributed by atoms with E-state index < -0.39 is 53.0 Å². The number of hydrogen-bond acceptors (Lipinski definition) is 3. The molecule has 3 nitrogen and oxygen atoms in total. The molecule has 0 radical (unpaired) electrons. The van der Waals surface area contributed by atoms with Gasteiger partial charge in [-0.15, -0.1) is 0 Å². The molecule has 9 heteroatoms. The summed E-state index contributed by atoms with van der Waals surface area (Å²) in [7, 11) is 0. The van der Waals surface area contributed by atoms with Gasteiger partial charge in [-0.1, -0.05) is 25.5 Å². The van der Waals surface area contributed by atoms with Crippen LogP contribution in [0.15, 0.2) is 42.5 Å². The van der Waals surface area contributed by atoms with Crippen LogP contribution in [0.1, 0.15) is 30.9 Å². The Morgan fingerprint density at radius 1 is 0.800 bits per heavy atom. The Hall–Kier alpha value is -3.04. The highest BCUT2D eigenvalue weighted by atomic mass is 19.2. The topological polar surface area (TPSA) is 27.7 Å². The molecule has 0 aliphatic carbocycles. The molecule has 3 aromatic rings. The summed E-state index contributed by atoms with van der Waals surface area (Å²) < 4.78 is 102. The van der Waals surface area contributed by atoms with Crippen molar-refractivity contribution < 1.29 is 40.6 Å². The lowest BCUT2D eigenvalue weighted by Crippen LogP contribution is -2.43. The third-order valence-corrected chi connectivity index (χ3v) is 5.67. The Labute approximate surface area is 198 Å². The molecule has 1 heterocycles. The maximum Gasteiger partial charge on any atom is 0.230 e. The molecule has 0 N–H and O–H groups in total. The van der Waals surface area contributed by atoms with Crippen molar-refractivity contribution in [1.82, 2.24) is 0 Å². The van der Waals surface area contributed by atoms with E-state index >= 15 is 4.39 Å². The summed E-state index contributed by atoms with van der Waals surface area (Å²) in [6.45, 7) is 1.81. The van der Waals surface area contributed by atoms with Crippen LogP contribution in [0.25, 0.3) is 11.1 Å². The monoisotopic (exact) mass is 496 g/mol. The summed E-state index contributed by atoms with van der Waals surface area (Å²) in [5.41, 5.74) is 0.213. The maximum absolute atomic E-state index is 15.0. The molecule has 186 valence electrons. The second-order valence-corrected chi connectivity index (χ2v) is 8.18. The number of aryl methyl sites for hydroxylation is 1. The van der Waals surface area contributed by atoms with E-state index in [-0.39, 0.29) is 29.9 Å². The van der Waals surface area contributed by atoms with E-state index in [1.807, 2.05) is 6.92 Å². The van der Waals surface area contributed by atoms with Crippen LogP contribution in [0, 0.1) is 34.9 Å². The van der Waals surface area contributed by atoms with E-state index in [1.165, 1.54) is 24.3 Å². The van der Waals surface area contributed by atoms with Gasteiger partial charge in [-0.2, -0.15) is 0 Å². The molecular formula is C26H22F6O3. The van der Waals surface area contributed by atoms with Gasteiger partial charge in [0.05, 0.1) is 13.2 Å². The summed E-state index contributed by atoms with van der Waals surface area (Å²) in [5, 5.41) is 0. The molecule has 0 aromatic heterocycles. The molecule has 1 saturated heterocycles. The second-order valence-electron chi connectivity index (χ2n) is 8.18. The number of hydrogen-bond donors (Lipinski definition) is 0. The fourth-order valence-electron chi connectivity index (χ4n) is 3.96. The molecule has 0 amide bonds. The van der Waals surface area contributed by atoms with Gasteiger partial charge in [0.1, 0.15) is 12.4 Å². The number of rotatable bonds is 7. The predicted molar refractivity (Wildman–Crippen MR) is 116 cm³/mol. The molecule has 35 heavy (non-hydrogen) atoms. The average Bonchev–Trinajstić information content (AvgIpc) is 2.82. The molecule has 4 rings (SSSR count). The molecule has 0 atom stereocenters. The van der Waals surface area contributed by atoms with Crippen LogP contribution in [-0.2, 0) is 21.7 Å². The Bertz CT molecular complexity index is 1180. The van der Waals surface area contributed by atoms with Crippen molar-refractivity contribution in [3.05, 3.63) is 88.5 Å². The molecule has 0 spiro atoms. The smallest absolute Gasteiger partial charge is 0.230 e. The molecule has 0 saturated carbocycles. The fraction of sp³-hybridized carbons (Fsp3) is 0.308. The summed E-state index contributed by atoms with van der Waals surface area (Å²) in [5.74, 6) is -9.54. The molecule has 0 unspecified atom stereocenters. The first-order valence-corrected chi connectivity index (χ1v) is 11.1. The van der Waals surface area contributed by atoms with Crippen molar-refractivity contribution in [3.63, 3.8) is 0 Å². The van der Waals surface area contributed by atoms with E-state index in [9.17, 15) is 22.0 Å². The highest BCUT2D eigenvalue weighted by Crippen LogP contribution is 2.36. The van der Waals surface area contributed by atoms with Crippen molar-refractivity contribution in [1.29, 1.82) is 0 Å². The van der Waals surface area contributed by atoms with Gasteiger partial charge in [0.2, 0.25) is 5.79 Å². The Morgan fingerprint density at radius 2 is 1.43 bits per heavy atom. The van der Waals surface area contributed by atoms with Gasteiger partial charge in [0.25, 0.3) is 0 Å². The predicted octanol–water partition coefficient (Wildman–Crippen LogP) is 6.81. The van der Waals surface area contributed by atoms with Crippen LogP contribution in [0.2, 0.25) is 0 Å². The van der Waals surface area contributed by atoms with Gasteiger partial charge in [0.15, 0.2) is 34.8 Å². The van der Waals surface area contributed by atoms with E-state index in [0.29, 0.717) is 37.0 Å². The zero-order valence-electron chi connectivity index (χ0n) is 18.8. The normalized spacial score (nSPS) is 15.3. The minimum Gasteiger partial charge on any atom is -0.481 e. The van der Waals surface area contributed by atoms with E-state index in [2.05, 4.69) is 0 Å². The standard InChI is InChI=1S/C26H22F6O3/c1-2-4-15-9-22(30)25(23(31)10-15)33-14-26(34-7-3-8-35-26)17-5-6-18(19(27)13-17)16-11-20(28)24(32)21(29)12-16/h5-6,9-13H,2-4,7-8,14H2,1H3. The van der Waals surface area contributed by atoms with Gasteiger partial charge < -0.3 is 14.2 Å². The zero-order valence-corrected chi connectivity index (χ0v) is 18.8. The van der Waals surface area contributed by atoms with Crippen molar-refractivity contribution in [3.8, 4) is 16.9 Å². The van der Waals surface area contributed by atoms with Crippen LogP contribution in [0.4, 0.5) is 26.3 Å². The minimum atomic E-state index is -1.68. The summed E-state index contributed by atoms with van der Waals surface area (Å²) in [4.78, 5) is 0. The molecule has 1 aliphatic heterocycles. The first kappa shape index (κ1) is 25.1. The van der Waals surface area contributed by atoms with Gasteiger partial charge >= 0.3 is 0 Å². The fourth-order valence-corrected chi connectivity index (χ4v) is 3.96. The van der Waals surface area contributed by atoms with Crippen LogP contribution in [0.5, 0.6) is 5.75 Å². The maximum atomic E-state index is 15.0. The largest absolute Gasteiger partial charge is 0.481 e. The molecule has 0 bridgehead atoms. The van der Waals surface area contributed by atoms with E-state index in [0.717, 1.165) is 6.07 Å². The Balaban J connectivity index is 1.64. The van der Waals surface area contributed by atoms with Crippen LogP contribution < -0.4 is 4.74 Å². The third kappa shape index (κ3) is 5.16. The second kappa shape index (κ2) is 10.3. The number of halogens is 6. The first-order valence-electron chi connectivity index (χ1n) is 11.1. The van der Waals surface area contributed by atoms with Crippen molar-refractivity contribution in [2.75, 3.05) is 19.8 Å². The zero-order chi connectivity index (χ0) is 25.2. The van der Waals surface area contributed by atoms with E-state index in [4.69, 9.17) is 14.2 Å². The minimum absolute atomic E-state index is 0.130. The lowest BCUT2D eigenvalue weighted by atomic mass is 9.98. The molecule has 1 fully saturated rings. The summed E-state index contributed by atoms with van der Waals surface area (Å²) in [6, 6.07) is 7.34. The lowest BCUT2D eigenvalue weighted by molar-refractivity contribution is -0.288. The van der Waals surface area contributed by atoms with Crippen LogP contribution in [0.3, 0.4) is 0 Å². The Kier molecular flexibility index (Phi) is 7.37. The van der Waals surface area contributed by atoms with Gasteiger partial charge in [-0.05, 0) is 54.3 Å². The third-order valence-electron chi connectivity index (χ3n) is 5.67. The van der Waals surface area contributed by atoms with Gasteiger partial charge in [-0.3, -0.25) is 0 Å². The van der Waals surface area contributed by atoms with Crippen molar-refractivity contribution in [2.45, 2.75) is 32.0 Å². The van der Waals surface area contributed by atoms with Gasteiger partial charge in [0, 0.05) is 11.1 Å². The van der Waals surface area contributed by atoms with Gasteiger partial charge in [-0.25, -0.2) is 26.3 Å². The number of ether oxygens (including phenoxy) is 3. The lowest BCUT2D eigenvalue weighted by Gasteiger charge is -2.37. The van der Waals surface area contributed by atoms with Crippen LogP contribution >= 0.6 is 0 Å². The average molecular weight is 496 g/mol. The SMILES string of the molecule is CCCc1cc(F)c(OCC2(c3ccc(-c4cc(F)c(F)c(F)c4)c(F)c3)OCCCO2)c(F)c1.